The lowest BCUT2D eigenvalue weighted by atomic mass is 9.99. The van der Waals surface area contributed by atoms with Crippen LogP contribution >= 0.6 is 0 Å². The van der Waals surface area contributed by atoms with E-state index in [9.17, 15) is 9.59 Å². The standard InChI is InChI=1S/C20H27NO5/c1-8-13-9-11-14(12-10-13)15-16(17(22)24-7)25-20(5,6)21(15)18(23)26-19(2,3)4/h8-12,15-16H,1H2,2-7H3/t15-,16+/m0/s1. The molecule has 1 aromatic carbocycles. The van der Waals surface area contributed by atoms with Gasteiger partial charge in [-0.1, -0.05) is 36.9 Å². The van der Waals surface area contributed by atoms with Crippen LogP contribution in [0.25, 0.3) is 6.08 Å². The quantitative estimate of drug-likeness (QED) is 0.764. The highest BCUT2D eigenvalue weighted by Crippen LogP contribution is 2.43. The summed E-state index contributed by atoms with van der Waals surface area (Å²) >= 11 is 0. The molecule has 1 heterocycles. The first-order valence-electron chi connectivity index (χ1n) is 8.50. The van der Waals surface area contributed by atoms with Crippen LogP contribution in [0.15, 0.2) is 30.8 Å². The molecule has 1 aliphatic heterocycles. The number of methoxy groups -OCH3 is 1. The molecule has 0 bridgehead atoms. The third-order valence-corrected chi connectivity index (χ3v) is 4.10. The summed E-state index contributed by atoms with van der Waals surface area (Å²) in [4.78, 5) is 26.7. The van der Waals surface area contributed by atoms with Crippen LogP contribution < -0.4 is 0 Å². The Hall–Kier alpha value is -2.34. The highest BCUT2D eigenvalue weighted by atomic mass is 16.6. The average Bonchev–Trinajstić information content (AvgIpc) is 2.84. The van der Waals surface area contributed by atoms with Gasteiger partial charge in [0, 0.05) is 0 Å². The maximum atomic E-state index is 12.9. The fourth-order valence-corrected chi connectivity index (χ4v) is 2.99. The lowest BCUT2D eigenvalue weighted by Gasteiger charge is -2.35. The van der Waals surface area contributed by atoms with Gasteiger partial charge in [0.1, 0.15) is 17.4 Å². The van der Waals surface area contributed by atoms with E-state index in [0.717, 1.165) is 11.1 Å². The molecule has 142 valence electrons. The smallest absolute Gasteiger partial charge is 0.413 e. The Morgan fingerprint density at radius 2 is 1.81 bits per heavy atom. The van der Waals surface area contributed by atoms with Gasteiger partial charge in [0.2, 0.25) is 0 Å². The lowest BCUT2D eigenvalue weighted by Crippen LogP contribution is -2.47. The second-order valence-electron chi connectivity index (χ2n) is 7.67. The third-order valence-electron chi connectivity index (χ3n) is 4.10. The number of hydrogen-bond acceptors (Lipinski definition) is 5. The number of nitrogens with zero attached hydrogens (tertiary/aromatic N) is 1. The molecule has 26 heavy (non-hydrogen) atoms. The Labute approximate surface area is 154 Å². The van der Waals surface area contributed by atoms with Crippen molar-refractivity contribution >= 4 is 18.1 Å². The Balaban J connectivity index is 2.50. The molecule has 0 radical (unpaired) electrons. The first-order valence-corrected chi connectivity index (χ1v) is 8.50. The first kappa shape index (κ1) is 20.0. The van der Waals surface area contributed by atoms with Crippen LogP contribution in [0, 0.1) is 0 Å². The van der Waals surface area contributed by atoms with Crippen molar-refractivity contribution < 1.29 is 23.8 Å². The van der Waals surface area contributed by atoms with Crippen molar-refractivity contribution in [3.8, 4) is 0 Å². The normalized spacial score (nSPS) is 22.0. The predicted octanol–water partition coefficient (Wildman–Crippen LogP) is 3.92. The number of esters is 1. The molecule has 0 aliphatic carbocycles. The Morgan fingerprint density at radius 3 is 2.27 bits per heavy atom. The number of rotatable bonds is 3. The zero-order valence-corrected chi connectivity index (χ0v) is 16.2. The van der Waals surface area contributed by atoms with Crippen LogP contribution in [-0.2, 0) is 19.0 Å². The van der Waals surface area contributed by atoms with Crippen molar-refractivity contribution in [1.82, 2.24) is 4.90 Å². The molecule has 0 N–H and O–H groups in total. The minimum Gasteiger partial charge on any atom is -0.467 e. The summed E-state index contributed by atoms with van der Waals surface area (Å²) in [7, 11) is 1.30. The summed E-state index contributed by atoms with van der Waals surface area (Å²) < 4.78 is 16.4. The van der Waals surface area contributed by atoms with Crippen LogP contribution in [-0.4, -0.2) is 41.5 Å². The van der Waals surface area contributed by atoms with Gasteiger partial charge in [-0.05, 0) is 45.7 Å². The second-order valence-corrected chi connectivity index (χ2v) is 7.67. The van der Waals surface area contributed by atoms with Crippen LogP contribution in [0.1, 0.15) is 51.8 Å². The molecule has 2 atom stereocenters. The minimum atomic E-state index is -1.04. The van der Waals surface area contributed by atoms with Crippen molar-refractivity contribution in [2.75, 3.05) is 7.11 Å². The fourth-order valence-electron chi connectivity index (χ4n) is 2.99. The third kappa shape index (κ3) is 4.07. The molecule has 0 aromatic heterocycles. The number of hydrogen-bond donors (Lipinski definition) is 0. The highest BCUT2D eigenvalue weighted by molar-refractivity contribution is 5.79. The number of carbonyl (C=O) groups is 2. The van der Waals surface area contributed by atoms with Gasteiger partial charge in [-0.2, -0.15) is 0 Å². The fraction of sp³-hybridized carbons (Fsp3) is 0.500. The molecular weight excluding hydrogens is 334 g/mol. The van der Waals surface area contributed by atoms with E-state index < -0.39 is 35.5 Å². The van der Waals surface area contributed by atoms with Crippen LogP contribution in [0.2, 0.25) is 0 Å². The van der Waals surface area contributed by atoms with Gasteiger partial charge < -0.3 is 14.2 Å². The van der Waals surface area contributed by atoms with E-state index >= 15 is 0 Å². The molecule has 6 nitrogen and oxygen atoms in total. The highest BCUT2D eigenvalue weighted by Gasteiger charge is 2.55. The SMILES string of the molecule is C=Cc1ccc([C@H]2[C@H](C(=O)OC)OC(C)(C)N2C(=O)OC(C)(C)C)cc1. The van der Waals surface area contributed by atoms with Gasteiger partial charge in [-0.25, -0.2) is 9.59 Å². The first-order chi connectivity index (χ1) is 12.0. The largest absolute Gasteiger partial charge is 0.467 e. The summed E-state index contributed by atoms with van der Waals surface area (Å²) in [5.41, 5.74) is -0.0238. The Kier molecular flexibility index (Phi) is 5.47. The molecule has 1 amide bonds. The van der Waals surface area contributed by atoms with E-state index in [1.54, 1.807) is 40.7 Å². The molecule has 6 heteroatoms. The van der Waals surface area contributed by atoms with E-state index in [-0.39, 0.29) is 0 Å². The van der Waals surface area contributed by atoms with Gasteiger partial charge in [0.05, 0.1) is 7.11 Å². The lowest BCUT2D eigenvalue weighted by molar-refractivity contribution is -0.158. The zero-order chi connectivity index (χ0) is 19.7. The van der Waals surface area contributed by atoms with E-state index in [1.165, 1.54) is 12.0 Å². The molecule has 1 fully saturated rings. The molecule has 1 saturated heterocycles. The van der Waals surface area contributed by atoms with Crippen LogP contribution in [0.5, 0.6) is 0 Å². The topological polar surface area (TPSA) is 65.1 Å². The van der Waals surface area contributed by atoms with Crippen LogP contribution in [0.3, 0.4) is 0 Å². The van der Waals surface area contributed by atoms with Crippen molar-refractivity contribution in [3.63, 3.8) is 0 Å². The van der Waals surface area contributed by atoms with Crippen molar-refractivity contribution in [1.29, 1.82) is 0 Å². The van der Waals surface area contributed by atoms with Gasteiger partial charge >= 0.3 is 12.1 Å². The zero-order valence-electron chi connectivity index (χ0n) is 16.2. The molecule has 0 unspecified atom stereocenters. The molecule has 1 aliphatic rings. The van der Waals surface area contributed by atoms with Gasteiger partial charge in [-0.15, -0.1) is 0 Å². The Morgan fingerprint density at radius 1 is 1.23 bits per heavy atom. The van der Waals surface area contributed by atoms with E-state index in [2.05, 4.69) is 6.58 Å². The number of ether oxygens (including phenoxy) is 3. The van der Waals surface area contributed by atoms with E-state index in [0.29, 0.717) is 0 Å². The summed E-state index contributed by atoms with van der Waals surface area (Å²) in [5, 5.41) is 0. The van der Waals surface area contributed by atoms with E-state index in [1.807, 2.05) is 24.3 Å². The van der Waals surface area contributed by atoms with Gasteiger partial charge in [-0.3, -0.25) is 4.90 Å². The summed E-state index contributed by atoms with van der Waals surface area (Å²) in [6.07, 6.45) is 0.228. The predicted molar refractivity (Wildman–Crippen MR) is 98.3 cm³/mol. The number of benzene rings is 1. The van der Waals surface area contributed by atoms with Crippen molar-refractivity contribution in [3.05, 3.63) is 42.0 Å². The van der Waals surface area contributed by atoms with Gasteiger partial charge in [0.25, 0.3) is 0 Å². The second kappa shape index (κ2) is 7.11. The molecule has 2 rings (SSSR count). The molecule has 1 aromatic rings. The summed E-state index contributed by atoms with van der Waals surface area (Å²) in [6.45, 7) is 12.6. The van der Waals surface area contributed by atoms with Crippen molar-refractivity contribution in [2.45, 2.75) is 58.1 Å². The number of amides is 1. The average molecular weight is 361 g/mol. The van der Waals surface area contributed by atoms with E-state index in [4.69, 9.17) is 14.2 Å². The number of carbonyl (C=O) groups excluding carboxylic acids is 2. The monoisotopic (exact) mass is 361 g/mol. The summed E-state index contributed by atoms with van der Waals surface area (Å²) in [5.74, 6) is -0.540. The van der Waals surface area contributed by atoms with Crippen LogP contribution in [0.4, 0.5) is 4.79 Å². The molecular formula is C20H27NO5. The summed E-state index contributed by atoms with van der Waals surface area (Å²) in [6, 6.07) is 6.77. The maximum absolute atomic E-state index is 12.9. The minimum absolute atomic E-state index is 0.540. The Bertz CT molecular complexity index is 687. The molecule has 0 saturated carbocycles. The maximum Gasteiger partial charge on any atom is 0.413 e. The molecule has 0 spiro atoms. The van der Waals surface area contributed by atoms with Crippen molar-refractivity contribution in [2.24, 2.45) is 0 Å². The van der Waals surface area contributed by atoms with Gasteiger partial charge in [0.15, 0.2) is 6.10 Å².